The number of morpholine rings is 1. The molecule has 1 fully saturated rings. The number of benzene rings is 1. The fourth-order valence-corrected chi connectivity index (χ4v) is 3.74. The molecule has 6 nitrogen and oxygen atoms in total. The fourth-order valence-electron chi connectivity index (χ4n) is 3.74. The lowest BCUT2D eigenvalue weighted by Gasteiger charge is -2.26. The number of hydrogen-bond acceptors (Lipinski definition) is 3. The molecule has 0 bridgehead atoms. The molecule has 1 saturated heterocycles. The van der Waals surface area contributed by atoms with Gasteiger partial charge in [-0.05, 0) is 37.3 Å². The third-order valence-electron chi connectivity index (χ3n) is 5.31. The molecule has 3 N–H and O–H groups in total. The van der Waals surface area contributed by atoms with Crippen molar-refractivity contribution in [3.05, 3.63) is 35.5 Å². The summed E-state index contributed by atoms with van der Waals surface area (Å²) < 4.78 is 5.40. The highest BCUT2D eigenvalue weighted by molar-refractivity contribution is 14.0. The first-order valence-electron chi connectivity index (χ1n) is 10.7. The second-order valence-electron chi connectivity index (χ2n) is 7.25. The van der Waals surface area contributed by atoms with Crippen LogP contribution in [-0.2, 0) is 17.6 Å². The zero-order valence-corrected chi connectivity index (χ0v) is 20.1. The van der Waals surface area contributed by atoms with Crippen molar-refractivity contribution in [1.29, 1.82) is 0 Å². The molecule has 1 aromatic heterocycles. The number of fused-ring (bicyclic) bond motifs is 1. The van der Waals surface area contributed by atoms with E-state index in [4.69, 9.17) is 9.73 Å². The smallest absolute Gasteiger partial charge is 0.191 e. The third-order valence-corrected chi connectivity index (χ3v) is 5.31. The molecule has 162 valence electrons. The highest BCUT2D eigenvalue weighted by Crippen LogP contribution is 2.22. The molecule has 0 atom stereocenters. The maximum Gasteiger partial charge on any atom is 0.191 e. The second-order valence-corrected chi connectivity index (χ2v) is 7.25. The van der Waals surface area contributed by atoms with Crippen LogP contribution in [0.1, 0.15) is 31.4 Å². The van der Waals surface area contributed by atoms with E-state index in [0.717, 1.165) is 77.7 Å². The predicted octanol–water partition coefficient (Wildman–Crippen LogP) is 3.17. The van der Waals surface area contributed by atoms with Gasteiger partial charge in [-0.25, -0.2) is 0 Å². The maximum absolute atomic E-state index is 5.40. The lowest BCUT2D eigenvalue weighted by atomic mass is 10.1. The van der Waals surface area contributed by atoms with Crippen LogP contribution in [0.4, 0.5) is 0 Å². The van der Waals surface area contributed by atoms with E-state index in [1.54, 1.807) is 0 Å². The average molecular weight is 513 g/mol. The summed E-state index contributed by atoms with van der Waals surface area (Å²) in [6.07, 6.45) is 5.26. The van der Waals surface area contributed by atoms with Crippen molar-refractivity contribution < 1.29 is 4.74 Å². The maximum atomic E-state index is 5.40. The van der Waals surface area contributed by atoms with Crippen molar-refractivity contribution in [2.24, 2.45) is 4.99 Å². The number of aromatic nitrogens is 1. The van der Waals surface area contributed by atoms with E-state index in [1.807, 2.05) is 0 Å². The van der Waals surface area contributed by atoms with Crippen molar-refractivity contribution in [3.63, 3.8) is 0 Å². The molecule has 0 radical (unpaired) electrons. The number of aryl methyl sites for hydroxylation is 1. The predicted molar refractivity (Wildman–Crippen MR) is 133 cm³/mol. The highest BCUT2D eigenvalue weighted by Gasteiger charge is 2.09. The molecular weight excluding hydrogens is 477 g/mol. The third kappa shape index (κ3) is 7.15. The van der Waals surface area contributed by atoms with Crippen molar-refractivity contribution >= 4 is 40.8 Å². The molecule has 1 aliphatic heterocycles. The normalized spacial score (nSPS) is 15.3. The summed E-state index contributed by atoms with van der Waals surface area (Å²) in [6.45, 7) is 11.8. The molecule has 29 heavy (non-hydrogen) atoms. The second kappa shape index (κ2) is 13.1. The van der Waals surface area contributed by atoms with E-state index in [-0.39, 0.29) is 24.0 Å². The summed E-state index contributed by atoms with van der Waals surface area (Å²) in [7, 11) is 0. The first-order chi connectivity index (χ1) is 13.8. The van der Waals surface area contributed by atoms with Gasteiger partial charge < -0.3 is 20.4 Å². The Kier molecular flexibility index (Phi) is 10.8. The number of para-hydroxylation sites is 1. The number of guanidine groups is 1. The average Bonchev–Trinajstić information content (AvgIpc) is 3.15. The summed E-state index contributed by atoms with van der Waals surface area (Å²) in [5, 5.41) is 8.18. The minimum absolute atomic E-state index is 0. The van der Waals surface area contributed by atoms with Crippen LogP contribution < -0.4 is 10.6 Å². The minimum Gasteiger partial charge on any atom is -0.379 e. The Morgan fingerprint density at radius 3 is 2.76 bits per heavy atom. The zero-order valence-electron chi connectivity index (χ0n) is 17.8. The van der Waals surface area contributed by atoms with Crippen molar-refractivity contribution in [2.75, 3.05) is 52.5 Å². The molecule has 1 aliphatic rings. The van der Waals surface area contributed by atoms with Crippen LogP contribution in [0.15, 0.2) is 29.4 Å². The topological polar surface area (TPSA) is 64.7 Å². The molecule has 0 aliphatic carbocycles. The molecule has 7 heteroatoms. The van der Waals surface area contributed by atoms with Gasteiger partial charge in [0.25, 0.3) is 0 Å². The van der Waals surface area contributed by atoms with E-state index in [2.05, 4.69) is 58.8 Å². The van der Waals surface area contributed by atoms with Crippen molar-refractivity contribution in [3.8, 4) is 0 Å². The SMILES string of the molecule is CCNC(=NCCCN1CCOCC1)NCCc1c[nH]c2c(CC)cccc12.I. The lowest BCUT2D eigenvalue weighted by Crippen LogP contribution is -2.39. The van der Waals surface area contributed by atoms with Gasteiger partial charge in [-0.2, -0.15) is 0 Å². The fraction of sp³-hybridized carbons (Fsp3) is 0.591. The van der Waals surface area contributed by atoms with Gasteiger partial charge in [0.1, 0.15) is 0 Å². The van der Waals surface area contributed by atoms with E-state index in [9.17, 15) is 0 Å². The van der Waals surface area contributed by atoms with Crippen LogP contribution in [0.5, 0.6) is 0 Å². The molecule has 1 aromatic carbocycles. The number of H-pyrrole nitrogens is 1. The largest absolute Gasteiger partial charge is 0.379 e. The molecule has 0 saturated carbocycles. The Labute approximate surface area is 191 Å². The summed E-state index contributed by atoms with van der Waals surface area (Å²) >= 11 is 0. The quantitative estimate of drug-likeness (QED) is 0.209. The van der Waals surface area contributed by atoms with Gasteiger partial charge in [0, 0.05) is 56.4 Å². The van der Waals surface area contributed by atoms with Gasteiger partial charge >= 0.3 is 0 Å². The molecule has 2 aromatic rings. The molecule has 0 amide bonds. The van der Waals surface area contributed by atoms with Crippen LogP contribution >= 0.6 is 24.0 Å². The van der Waals surface area contributed by atoms with Gasteiger partial charge in [-0.3, -0.25) is 9.89 Å². The van der Waals surface area contributed by atoms with Gasteiger partial charge in [-0.1, -0.05) is 25.1 Å². The van der Waals surface area contributed by atoms with Crippen LogP contribution in [0.2, 0.25) is 0 Å². The summed E-state index contributed by atoms with van der Waals surface area (Å²) in [5.41, 5.74) is 4.02. The van der Waals surface area contributed by atoms with Gasteiger partial charge in [-0.15, -0.1) is 24.0 Å². The molecule has 2 heterocycles. The molecule has 0 spiro atoms. The Morgan fingerprint density at radius 2 is 2.00 bits per heavy atom. The number of nitrogens with one attached hydrogen (secondary N) is 3. The lowest BCUT2D eigenvalue weighted by molar-refractivity contribution is 0.0377. The van der Waals surface area contributed by atoms with Crippen molar-refractivity contribution in [1.82, 2.24) is 20.5 Å². The molecule has 3 rings (SSSR count). The van der Waals surface area contributed by atoms with Crippen LogP contribution in [0.3, 0.4) is 0 Å². The first-order valence-corrected chi connectivity index (χ1v) is 10.7. The number of aliphatic imine (C=N–C) groups is 1. The Morgan fingerprint density at radius 1 is 1.17 bits per heavy atom. The molecule has 0 unspecified atom stereocenters. The summed E-state index contributed by atoms with van der Waals surface area (Å²) in [4.78, 5) is 10.7. The van der Waals surface area contributed by atoms with Crippen molar-refractivity contribution in [2.45, 2.75) is 33.1 Å². The number of nitrogens with zero attached hydrogens (tertiary/aromatic N) is 2. The van der Waals surface area contributed by atoms with E-state index >= 15 is 0 Å². The monoisotopic (exact) mass is 513 g/mol. The zero-order chi connectivity index (χ0) is 19.6. The Balaban J connectivity index is 0.00000300. The number of halogens is 1. The van der Waals surface area contributed by atoms with Gasteiger partial charge in [0.05, 0.1) is 13.2 Å². The first kappa shape index (κ1) is 24.0. The Hall–Kier alpha value is -1.32. The number of ether oxygens (including phenoxy) is 1. The minimum atomic E-state index is 0. The van der Waals surface area contributed by atoms with E-state index in [1.165, 1.54) is 22.0 Å². The summed E-state index contributed by atoms with van der Waals surface area (Å²) in [5.74, 6) is 0.915. The number of rotatable bonds is 9. The highest BCUT2D eigenvalue weighted by atomic mass is 127. The van der Waals surface area contributed by atoms with Crippen LogP contribution in [0.25, 0.3) is 10.9 Å². The number of aromatic amines is 1. The van der Waals surface area contributed by atoms with Crippen LogP contribution in [0, 0.1) is 0 Å². The Bertz CT molecular complexity index is 755. The van der Waals surface area contributed by atoms with E-state index in [0.29, 0.717) is 0 Å². The van der Waals surface area contributed by atoms with Gasteiger partial charge in [0.15, 0.2) is 5.96 Å². The van der Waals surface area contributed by atoms with Gasteiger partial charge in [0.2, 0.25) is 0 Å². The van der Waals surface area contributed by atoms with E-state index < -0.39 is 0 Å². The molecular formula is C22H36IN5O. The summed E-state index contributed by atoms with van der Waals surface area (Å²) in [6, 6.07) is 6.57. The standard InChI is InChI=1S/C22H35N5O.HI/c1-3-18-7-5-8-20-19(17-26-21(18)20)9-11-25-22(23-4-2)24-10-6-12-27-13-15-28-16-14-27;/h5,7-8,17,26H,3-4,6,9-16H2,1-2H3,(H2,23,24,25);1H. The number of hydrogen-bond donors (Lipinski definition) is 3. The van der Waals surface area contributed by atoms with Crippen LogP contribution in [-0.4, -0.2) is 68.3 Å².